The molecule has 92 valence electrons. The maximum atomic E-state index is 13.8. The molecule has 0 unspecified atom stereocenters. The molecule has 0 saturated heterocycles. The topological polar surface area (TPSA) is 46.5 Å². The summed E-state index contributed by atoms with van der Waals surface area (Å²) in [6, 6.07) is 8.81. The van der Waals surface area contributed by atoms with E-state index in [0.717, 1.165) is 0 Å². The second-order valence-corrected chi connectivity index (χ2v) is 3.74. The van der Waals surface area contributed by atoms with Crippen molar-refractivity contribution in [2.24, 2.45) is 0 Å². The molecule has 0 aliphatic heterocycles. The molecule has 0 saturated carbocycles. The van der Waals surface area contributed by atoms with Crippen LogP contribution in [0.15, 0.2) is 36.4 Å². The summed E-state index contributed by atoms with van der Waals surface area (Å²) in [5.41, 5.74) is 0.997. The third kappa shape index (κ3) is 2.18. The molecule has 0 bridgehead atoms. The number of phenolic OH excluding ortho intramolecular Hbond substituents is 1. The largest absolute Gasteiger partial charge is 0.507 e. The molecule has 2 rings (SSSR count). The molecule has 0 aromatic heterocycles. The first-order valence-electron chi connectivity index (χ1n) is 5.28. The molecule has 0 aliphatic rings. The van der Waals surface area contributed by atoms with Crippen molar-refractivity contribution in [1.82, 2.24) is 0 Å². The number of aldehydes is 1. The number of hydrogen-bond donors (Lipinski definition) is 1. The summed E-state index contributed by atoms with van der Waals surface area (Å²) in [6.45, 7) is 0. The van der Waals surface area contributed by atoms with Crippen molar-refractivity contribution in [2.75, 3.05) is 7.11 Å². The van der Waals surface area contributed by atoms with Crippen LogP contribution in [0, 0.1) is 5.82 Å². The normalized spacial score (nSPS) is 10.1. The van der Waals surface area contributed by atoms with Crippen molar-refractivity contribution in [3.05, 3.63) is 47.8 Å². The average Bonchev–Trinajstić information content (AvgIpc) is 2.39. The van der Waals surface area contributed by atoms with Gasteiger partial charge in [-0.1, -0.05) is 6.07 Å². The SMILES string of the molecule is COc1ccc(-c2ccc(O)c(C=O)c2)c(F)c1. The lowest BCUT2D eigenvalue weighted by atomic mass is 10.0. The van der Waals surface area contributed by atoms with Crippen LogP contribution in [0.25, 0.3) is 11.1 Å². The molecule has 0 amide bonds. The van der Waals surface area contributed by atoms with Gasteiger partial charge in [0, 0.05) is 11.6 Å². The highest BCUT2D eigenvalue weighted by Gasteiger charge is 2.09. The predicted molar refractivity (Wildman–Crippen MR) is 65.4 cm³/mol. The molecule has 0 heterocycles. The number of methoxy groups -OCH3 is 1. The van der Waals surface area contributed by atoms with Crippen molar-refractivity contribution in [1.29, 1.82) is 0 Å². The van der Waals surface area contributed by atoms with Gasteiger partial charge in [0.15, 0.2) is 6.29 Å². The monoisotopic (exact) mass is 246 g/mol. The fourth-order valence-corrected chi connectivity index (χ4v) is 1.67. The number of rotatable bonds is 3. The van der Waals surface area contributed by atoms with Crippen LogP contribution in [0.1, 0.15) is 10.4 Å². The smallest absolute Gasteiger partial charge is 0.153 e. The van der Waals surface area contributed by atoms with Gasteiger partial charge < -0.3 is 9.84 Å². The Morgan fingerprint density at radius 3 is 2.61 bits per heavy atom. The van der Waals surface area contributed by atoms with E-state index in [0.29, 0.717) is 23.2 Å². The van der Waals surface area contributed by atoms with E-state index in [1.54, 1.807) is 18.2 Å². The number of aromatic hydroxyl groups is 1. The number of halogens is 1. The molecule has 0 aliphatic carbocycles. The lowest BCUT2D eigenvalue weighted by molar-refractivity contribution is 0.112. The van der Waals surface area contributed by atoms with Gasteiger partial charge in [-0.25, -0.2) is 4.39 Å². The highest BCUT2D eigenvalue weighted by atomic mass is 19.1. The lowest BCUT2D eigenvalue weighted by Gasteiger charge is -2.07. The Bertz CT molecular complexity index is 594. The van der Waals surface area contributed by atoms with Crippen LogP contribution in [0.3, 0.4) is 0 Å². The van der Waals surface area contributed by atoms with E-state index in [9.17, 15) is 14.3 Å². The number of phenols is 1. The number of benzene rings is 2. The molecule has 0 spiro atoms. The van der Waals surface area contributed by atoms with E-state index < -0.39 is 5.82 Å². The minimum Gasteiger partial charge on any atom is -0.507 e. The van der Waals surface area contributed by atoms with Gasteiger partial charge in [0.1, 0.15) is 17.3 Å². The first-order chi connectivity index (χ1) is 8.65. The molecule has 18 heavy (non-hydrogen) atoms. The Labute approximate surface area is 103 Å². The third-order valence-electron chi connectivity index (χ3n) is 2.64. The molecule has 0 fully saturated rings. The van der Waals surface area contributed by atoms with Gasteiger partial charge in [-0.2, -0.15) is 0 Å². The molecule has 2 aromatic rings. The Morgan fingerprint density at radius 2 is 2.00 bits per heavy atom. The minimum absolute atomic E-state index is 0.123. The van der Waals surface area contributed by atoms with E-state index in [1.165, 1.54) is 25.3 Å². The van der Waals surface area contributed by atoms with Crippen LogP contribution in [0.4, 0.5) is 4.39 Å². The van der Waals surface area contributed by atoms with Gasteiger partial charge in [0.05, 0.1) is 12.7 Å². The van der Waals surface area contributed by atoms with Gasteiger partial charge in [0.2, 0.25) is 0 Å². The minimum atomic E-state index is -0.447. The average molecular weight is 246 g/mol. The van der Waals surface area contributed by atoms with Gasteiger partial charge >= 0.3 is 0 Å². The summed E-state index contributed by atoms with van der Waals surface area (Å²) in [5, 5.41) is 9.39. The summed E-state index contributed by atoms with van der Waals surface area (Å²) in [4.78, 5) is 10.7. The zero-order valence-corrected chi connectivity index (χ0v) is 9.68. The fourth-order valence-electron chi connectivity index (χ4n) is 1.67. The highest BCUT2D eigenvalue weighted by molar-refractivity contribution is 5.82. The van der Waals surface area contributed by atoms with E-state index in [1.807, 2.05) is 0 Å². The van der Waals surface area contributed by atoms with Crippen molar-refractivity contribution in [3.8, 4) is 22.6 Å². The summed E-state index contributed by atoms with van der Waals surface area (Å²) in [6.07, 6.45) is 0.528. The molecular formula is C14H11FO3. The number of ether oxygens (including phenoxy) is 1. The van der Waals surface area contributed by atoms with Crippen LogP contribution < -0.4 is 4.74 Å². The van der Waals surface area contributed by atoms with Crippen LogP contribution in [-0.4, -0.2) is 18.5 Å². The van der Waals surface area contributed by atoms with Crippen LogP contribution in [0.2, 0.25) is 0 Å². The van der Waals surface area contributed by atoms with Gasteiger partial charge in [-0.3, -0.25) is 4.79 Å². The molecular weight excluding hydrogens is 235 g/mol. The molecule has 2 aromatic carbocycles. The number of carbonyl (C=O) groups excluding carboxylic acids is 1. The molecule has 0 atom stereocenters. The maximum Gasteiger partial charge on any atom is 0.153 e. The first-order valence-corrected chi connectivity index (χ1v) is 5.28. The van der Waals surface area contributed by atoms with Crippen LogP contribution >= 0.6 is 0 Å². The Morgan fingerprint density at radius 1 is 1.22 bits per heavy atom. The quantitative estimate of drug-likeness (QED) is 0.847. The Balaban J connectivity index is 2.51. The van der Waals surface area contributed by atoms with E-state index in [2.05, 4.69) is 0 Å². The van der Waals surface area contributed by atoms with E-state index in [-0.39, 0.29) is 11.3 Å². The Kier molecular flexibility index (Phi) is 3.28. The standard InChI is InChI=1S/C14H11FO3/c1-18-11-3-4-12(13(15)7-11)9-2-5-14(17)10(6-9)8-16/h2-8,17H,1H3. The number of hydrogen-bond acceptors (Lipinski definition) is 3. The van der Waals surface area contributed by atoms with Crippen molar-refractivity contribution >= 4 is 6.29 Å². The Hall–Kier alpha value is -2.36. The van der Waals surface area contributed by atoms with Crippen molar-refractivity contribution < 1.29 is 19.0 Å². The molecule has 1 N–H and O–H groups in total. The summed E-state index contributed by atoms with van der Waals surface area (Å²) >= 11 is 0. The van der Waals surface area contributed by atoms with Crippen LogP contribution in [0.5, 0.6) is 11.5 Å². The van der Waals surface area contributed by atoms with E-state index in [4.69, 9.17) is 4.74 Å². The zero-order valence-electron chi connectivity index (χ0n) is 9.68. The second kappa shape index (κ2) is 4.87. The first kappa shape index (κ1) is 12.1. The zero-order chi connectivity index (χ0) is 13.1. The van der Waals surface area contributed by atoms with E-state index >= 15 is 0 Å². The van der Waals surface area contributed by atoms with Gasteiger partial charge in [-0.15, -0.1) is 0 Å². The van der Waals surface area contributed by atoms with Crippen molar-refractivity contribution in [2.45, 2.75) is 0 Å². The molecule has 4 heteroatoms. The lowest BCUT2D eigenvalue weighted by Crippen LogP contribution is -1.89. The fraction of sp³-hybridized carbons (Fsp3) is 0.0714. The summed E-state index contributed by atoms with van der Waals surface area (Å²) in [7, 11) is 1.46. The van der Waals surface area contributed by atoms with Gasteiger partial charge in [0.25, 0.3) is 0 Å². The third-order valence-corrected chi connectivity index (χ3v) is 2.64. The number of carbonyl (C=O) groups is 1. The second-order valence-electron chi connectivity index (χ2n) is 3.74. The maximum absolute atomic E-state index is 13.8. The summed E-state index contributed by atoms with van der Waals surface area (Å²) < 4.78 is 18.7. The van der Waals surface area contributed by atoms with Crippen LogP contribution in [-0.2, 0) is 0 Å². The molecule has 0 radical (unpaired) electrons. The highest BCUT2D eigenvalue weighted by Crippen LogP contribution is 2.29. The predicted octanol–water partition coefficient (Wildman–Crippen LogP) is 3.02. The summed E-state index contributed by atoms with van der Waals surface area (Å²) in [5.74, 6) is -0.148. The molecule has 3 nitrogen and oxygen atoms in total. The van der Waals surface area contributed by atoms with Crippen molar-refractivity contribution in [3.63, 3.8) is 0 Å². The van der Waals surface area contributed by atoms with Gasteiger partial charge in [-0.05, 0) is 29.8 Å².